The third-order valence-electron chi connectivity index (χ3n) is 5.60. The Balaban J connectivity index is 1.52. The standard InChI is InChI=1S/C21H25N3O4S/c1-28-19-8-7-16(12-20(19)29(26,27)24-10-3-2-4-11-24)23-21(25)18-13-17(18)15-6-5-9-22-14-15/h5-9,12,14,17-18H,2-4,10-11,13H2,1H3,(H,23,25)/t17-,18+/m1/s1. The van der Waals surface area contributed by atoms with Gasteiger partial charge in [0.15, 0.2) is 0 Å². The molecule has 0 bridgehead atoms. The Kier molecular flexibility index (Phi) is 5.56. The maximum atomic E-state index is 13.1. The highest BCUT2D eigenvalue weighted by Crippen LogP contribution is 2.47. The quantitative estimate of drug-likeness (QED) is 0.783. The molecule has 1 aromatic heterocycles. The average Bonchev–Trinajstić information content (AvgIpc) is 3.56. The summed E-state index contributed by atoms with van der Waals surface area (Å²) in [5, 5.41) is 2.87. The van der Waals surface area contributed by atoms with Crippen molar-refractivity contribution in [3.8, 4) is 5.75 Å². The Morgan fingerprint density at radius 3 is 2.69 bits per heavy atom. The minimum atomic E-state index is -3.67. The number of amides is 1. The minimum absolute atomic E-state index is 0.0966. The van der Waals surface area contributed by atoms with Crippen LogP contribution in [0.15, 0.2) is 47.6 Å². The number of aromatic nitrogens is 1. The number of pyridine rings is 1. The van der Waals surface area contributed by atoms with Gasteiger partial charge >= 0.3 is 0 Å². The molecule has 2 atom stereocenters. The number of rotatable bonds is 6. The van der Waals surface area contributed by atoms with E-state index < -0.39 is 10.0 Å². The summed E-state index contributed by atoms with van der Waals surface area (Å²) in [5.74, 6) is 0.223. The summed E-state index contributed by atoms with van der Waals surface area (Å²) in [7, 11) is -2.22. The number of sulfonamides is 1. The number of carbonyl (C=O) groups excluding carboxylic acids is 1. The van der Waals surface area contributed by atoms with Crippen LogP contribution in [0, 0.1) is 5.92 Å². The highest BCUT2D eigenvalue weighted by Gasteiger charge is 2.44. The molecule has 0 spiro atoms. The molecule has 2 aromatic rings. The largest absolute Gasteiger partial charge is 0.495 e. The van der Waals surface area contributed by atoms with Gasteiger partial charge in [-0.15, -0.1) is 0 Å². The van der Waals surface area contributed by atoms with Crippen LogP contribution in [0.5, 0.6) is 5.75 Å². The molecular weight excluding hydrogens is 390 g/mol. The molecule has 2 heterocycles. The van der Waals surface area contributed by atoms with E-state index in [0.717, 1.165) is 31.2 Å². The van der Waals surface area contributed by atoms with Gasteiger partial charge in [-0.05, 0) is 55.0 Å². The van der Waals surface area contributed by atoms with Crippen LogP contribution in [0.2, 0.25) is 0 Å². The van der Waals surface area contributed by atoms with Gasteiger partial charge < -0.3 is 10.1 Å². The molecule has 2 fully saturated rings. The molecule has 8 heteroatoms. The van der Waals surface area contributed by atoms with Gasteiger partial charge in [-0.1, -0.05) is 12.5 Å². The fourth-order valence-corrected chi connectivity index (χ4v) is 5.58. The van der Waals surface area contributed by atoms with Crippen LogP contribution in [-0.2, 0) is 14.8 Å². The zero-order chi connectivity index (χ0) is 20.4. The number of nitrogens with one attached hydrogen (secondary N) is 1. The first-order valence-electron chi connectivity index (χ1n) is 9.89. The van der Waals surface area contributed by atoms with E-state index in [2.05, 4.69) is 10.3 Å². The molecule has 1 N–H and O–H groups in total. The van der Waals surface area contributed by atoms with Gasteiger partial charge in [-0.25, -0.2) is 8.42 Å². The SMILES string of the molecule is COc1ccc(NC(=O)[C@H]2C[C@@H]2c2cccnc2)cc1S(=O)(=O)N1CCCCC1. The van der Waals surface area contributed by atoms with Crippen LogP contribution in [0.1, 0.15) is 37.2 Å². The second kappa shape index (κ2) is 8.12. The predicted octanol–water partition coefficient (Wildman–Crippen LogP) is 3.01. The normalized spacial score (nSPS) is 22.1. The summed E-state index contributed by atoms with van der Waals surface area (Å²) < 4.78 is 33.0. The van der Waals surface area contributed by atoms with Gasteiger partial charge in [-0.3, -0.25) is 9.78 Å². The zero-order valence-corrected chi connectivity index (χ0v) is 17.2. The molecule has 1 saturated heterocycles. The second-order valence-corrected chi connectivity index (χ2v) is 9.46. The van der Waals surface area contributed by atoms with Crippen LogP contribution in [-0.4, -0.2) is 43.8 Å². The van der Waals surface area contributed by atoms with Crippen molar-refractivity contribution in [3.05, 3.63) is 48.3 Å². The molecule has 29 heavy (non-hydrogen) atoms. The Bertz CT molecular complexity index is 988. The van der Waals surface area contributed by atoms with Crippen LogP contribution in [0.3, 0.4) is 0 Å². The van der Waals surface area contributed by atoms with Crippen LogP contribution < -0.4 is 10.1 Å². The van der Waals surface area contributed by atoms with Crippen LogP contribution >= 0.6 is 0 Å². The highest BCUT2D eigenvalue weighted by atomic mass is 32.2. The lowest BCUT2D eigenvalue weighted by Crippen LogP contribution is -2.35. The van der Waals surface area contributed by atoms with Gasteiger partial charge in [0.2, 0.25) is 15.9 Å². The first-order valence-corrected chi connectivity index (χ1v) is 11.3. The topological polar surface area (TPSA) is 88.6 Å². The lowest BCUT2D eigenvalue weighted by molar-refractivity contribution is -0.117. The van der Waals surface area contributed by atoms with E-state index in [4.69, 9.17) is 4.74 Å². The Morgan fingerprint density at radius 1 is 1.21 bits per heavy atom. The van der Waals surface area contributed by atoms with E-state index in [9.17, 15) is 13.2 Å². The molecular formula is C21H25N3O4S. The van der Waals surface area contributed by atoms with E-state index in [-0.39, 0.29) is 28.4 Å². The molecule has 1 aliphatic heterocycles. The number of hydrogen-bond acceptors (Lipinski definition) is 5. The minimum Gasteiger partial charge on any atom is -0.495 e. The van der Waals surface area contributed by atoms with E-state index in [1.807, 2.05) is 12.1 Å². The fraction of sp³-hybridized carbons (Fsp3) is 0.429. The monoisotopic (exact) mass is 415 g/mol. The van der Waals surface area contributed by atoms with Crippen molar-refractivity contribution in [2.45, 2.75) is 36.5 Å². The molecule has 1 saturated carbocycles. The van der Waals surface area contributed by atoms with E-state index >= 15 is 0 Å². The number of ether oxygens (including phenoxy) is 1. The summed E-state index contributed by atoms with van der Waals surface area (Å²) in [6, 6.07) is 8.61. The smallest absolute Gasteiger partial charge is 0.246 e. The average molecular weight is 416 g/mol. The highest BCUT2D eigenvalue weighted by molar-refractivity contribution is 7.89. The molecule has 154 valence electrons. The van der Waals surface area contributed by atoms with Crippen molar-refractivity contribution < 1.29 is 17.9 Å². The van der Waals surface area contributed by atoms with Gasteiger partial charge in [0.05, 0.1) is 7.11 Å². The zero-order valence-electron chi connectivity index (χ0n) is 16.4. The number of anilines is 1. The van der Waals surface area contributed by atoms with Gasteiger partial charge in [0.25, 0.3) is 0 Å². The lowest BCUT2D eigenvalue weighted by Gasteiger charge is -2.26. The number of carbonyl (C=O) groups is 1. The molecule has 1 aromatic carbocycles. The second-order valence-electron chi connectivity index (χ2n) is 7.55. The predicted molar refractivity (Wildman–Crippen MR) is 109 cm³/mol. The Morgan fingerprint density at radius 2 is 2.00 bits per heavy atom. The van der Waals surface area contributed by atoms with Crippen molar-refractivity contribution in [1.82, 2.24) is 9.29 Å². The van der Waals surface area contributed by atoms with Gasteiger partial charge in [0.1, 0.15) is 10.6 Å². The van der Waals surface area contributed by atoms with Crippen molar-refractivity contribution >= 4 is 21.6 Å². The summed E-state index contributed by atoms with van der Waals surface area (Å²) in [6.07, 6.45) is 7.02. The number of benzene rings is 1. The summed E-state index contributed by atoms with van der Waals surface area (Å²) in [4.78, 5) is 16.9. The van der Waals surface area contributed by atoms with Crippen molar-refractivity contribution in [2.24, 2.45) is 5.92 Å². The van der Waals surface area contributed by atoms with Crippen molar-refractivity contribution in [1.29, 1.82) is 0 Å². The first kappa shape index (κ1) is 19.8. The van der Waals surface area contributed by atoms with E-state index in [1.165, 1.54) is 17.5 Å². The number of nitrogens with zero attached hydrogens (tertiary/aromatic N) is 2. The lowest BCUT2D eigenvalue weighted by atomic mass is 10.1. The van der Waals surface area contributed by atoms with Crippen LogP contribution in [0.4, 0.5) is 5.69 Å². The third kappa shape index (κ3) is 4.13. The third-order valence-corrected chi connectivity index (χ3v) is 7.52. The number of piperidine rings is 1. The molecule has 0 unspecified atom stereocenters. The maximum absolute atomic E-state index is 13.1. The number of methoxy groups -OCH3 is 1. The molecule has 7 nitrogen and oxygen atoms in total. The molecule has 4 rings (SSSR count). The maximum Gasteiger partial charge on any atom is 0.246 e. The van der Waals surface area contributed by atoms with Crippen molar-refractivity contribution in [3.63, 3.8) is 0 Å². The molecule has 2 aliphatic rings. The molecule has 0 radical (unpaired) electrons. The Hall–Kier alpha value is -2.45. The first-order chi connectivity index (χ1) is 14.0. The fourth-order valence-electron chi connectivity index (χ4n) is 3.88. The van der Waals surface area contributed by atoms with Gasteiger partial charge in [-0.2, -0.15) is 4.31 Å². The summed E-state index contributed by atoms with van der Waals surface area (Å²) in [6.45, 7) is 1.02. The molecule has 1 aliphatic carbocycles. The summed E-state index contributed by atoms with van der Waals surface area (Å²) >= 11 is 0. The summed E-state index contributed by atoms with van der Waals surface area (Å²) in [5.41, 5.74) is 1.51. The van der Waals surface area contributed by atoms with E-state index in [1.54, 1.807) is 24.5 Å². The van der Waals surface area contributed by atoms with Crippen molar-refractivity contribution in [2.75, 3.05) is 25.5 Å². The number of hydrogen-bond donors (Lipinski definition) is 1. The van der Waals surface area contributed by atoms with E-state index in [0.29, 0.717) is 18.8 Å². The molecule has 1 amide bonds. The van der Waals surface area contributed by atoms with Crippen LogP contribution in [0.25, 0.3) is 0 Å². The Labute approximate surface area is 171 Å². The van der Waals surface area contributed by atoms with Gasteiger partial charge in [0, 0.05) is 37.1 Å².